The number of amidine groups is 2. The number of anilines is 1. The number of aromatic nitrogens is 2. The fraction of sp³-hybridized carbons (Fsp3) is 0.346. The molecule has 1 aliphatic carbocycles. The van der Waals surface area contributed by atoms with E-state index >= 15 is 0 Å². The minimum Gasteiger partial charge on any atom is -0.343 e. The maximum atomic E-state index is 15.0. The van der Waals surface area contributed by atoms with Crippen molar-refractivity contribution in [3.63, 3.8) is 0 Å². The summed E-state index contributed by atoms with van der Waals surface area (Å²) in [4.78, 5) is 25.6. The second kappa shape index (κ2) is 9.05. The van der Waals surface area contributed by atoms with Gasteiger partial charge < -0.3 is 15.1 Å². The molecule has 0 saturated carbocycles. The van der Waals surface area contributed by atoms with E-state index in [4.69, 9.17) is 10.8 Å². The first-order valence-corrected chi connectivity index (χ1v) is 11.8. The van der Waals surface area contributed by atoms with Crippen LogP contribution in [0.4, 0.5) is 10.3 Å². The molecule has 1 saturated heterocycles. The number of hydrogen-bond acceptors (Lipinski definition) is 6. The number of rotatable bonds is 4. The van der Waals surface area contributed by atoms with Crippen LogP contribution in [-0.2, 0) is 13.0 Å². The molecule has 2 aromatic rings. The molecule has 0 bridgehead atoms. The van der Waals surface area contributed by atoms with E-state index in [9.17, 15) is 9.18 Å². The Kier molecular flexibility index (Phi) is 5.92. The summed E-state index contributed by atoms with van der Waals surface area (Å²) in [6, 6.07) is 4.86. The van der Waals surface area contributed by atoms with Gasteiger partial charge in [-0.05, 0) is 54.7 Å². The molecule has 1 unspecified atom stereocenters. The Morgan fingerprint density at radius 1 is 1.20 bits per heavy atom. The number of fused-ring (bicyclic) bond motifs is 1. The standard InChI is InChI=1S/C26H28FN7O.H2/c1-26(8-2-5-18(15-26)23(29)34-11-3-6-22(34)28)32-24(35)20-13-19-16-33(25-30-9-4-10-31-25)12-7-17(19)14-21(20)27;/h2,4-5,8-10,13-14,28-29H,3,6-7,11-12,15-16H2,1H3,(H,32,35);1H. The lowest BCUT2D eigenvalue weighted by molar-refractivity contribution is 0.0918. The number of halogens is 1. The Morgan fingerprint density at radius 3 is 2.74 bits per heavy atom. The minimum absolute atomic E-state index is 0. The van der Waals surface area contributed by atoms with E-state index in [1.165, 1.54) is 6.07 Å². The predicted molar refractivity (Wildman–Crippen MR) is 134 cm³/mol. The van der Waals surface area contributed by atoms with Crippen molar-refractivity contribution in [3.8, 4) is 0 Å². The molecule has 2 aliphatic heterocycles. The average molecular weight is 476 g/mol. The molecule has 8 nitrogen and oxygen atoms in total. The number of carbonyl (C=O) groups excluding carboxylic acids is 1. The maximum absolute atomic E-state index is 15.0. The molecule has 1 aromatic heterocycles. The van der Waals surface area contributed by atoms with Crippen LogP contribution in [0.1, 0.15) is 49.1 Å². The SMILES string of the molecule is CC1(NC(=O)c2cc3c(cc2F)CCN(c2ncccn2)C3)C=CC=C(C(=N)N2CCCC2=N)C1.[HH]. The zero-order valence-corrected chi connectivity index (χ0v) is 19.6. The number of benzene rings is 1. The number of likely N-dealkylation sites (tertiary alicyclic amines) is 1. The zero-order valence-electron chi connectivity index (χ0n) is 19.6. The van der Waals surface area contributed by atoms with Crippen LogP contribution in [0.5, 0.6) is 0 Å². The highest BCUT2D eigenvalue weighted by Gasteiger charge is 2.32. The first-order valence-electron chi connectivity index (χ1n) is 11.8. The molecular weight excluding hydrogens is 445 g/mol. The quantitative estimate of drug-likeness (QED) is 0.460. The molecule has 9 heteroatoms. The molecule has 35 heavy (non-hydrogen) atoms. The van der Waals surface area contributed by atoms with Gasteiger partial charge in [0.1, 0.15) is 17.5 Å². The number of allylic oxidation sites excluding steroid dienone is 2. The number of nitrogens with zero attached hydrogens (tertiary/aromatic N) is 4. The molecule has 1 atom stereocenters. The van der Waals surface area contributed by atoms with E-state index in [2.05, 4.69) is 15.3 Å². The van der Waals surface area contributed by atoms with Crippen molar-refractivity contribution < 1.29 is 10.6 Å². The van der Waals surface area contributed by atoms with Crippen LogP contribution in [0, 0.1) is 16.6 Å². The smallest absolute Gasteiger partial charge is 0.254 e. The van der Waals surface area contributed by atoms with Gasteiger partial charge in [0, 0.05) is 46.3 Å². The topological polar surface area (TPSA) is 109 Å². The van der Waals surface area contributed by atoms with Gasteiger partial charge in [-0.25, -0.2) is 14.4 Å². The van der Waals surface area contributed by atoms with E-state index in [0.717, 1.165) is 23.1 Å². The second-order valence-corrected chi connectivity index (χ2v) is 9.47. The van der Waals surface area contributed by atoms with E-state index in [0.29, 0.717) is 56.5 Å². The largest absolute Gasteiger partial charge is 0.343 e. The van der Waals surface area contributed by atoms with Gasteiger partial charge in [0.25, 0.3) is 5.91 Å². The molecule has 1 amide bonds. The summed E-state index contributed by atoms with van der Waals surface area (Å²) >= 11 is 0. The van der Waals surface area contributed by atoms with Crippen molar-refractivity contribution in [2.24, 2.45) is 0 Å². The summed E-state index contributed by atoms with van der Waals surface area (Å²) in [5.41, 5.74) is 1.74. The molecule has 1 fully saturated rings. The molecule has 3 heterocycles. The number of hydrogen-bond donors (Lipinski definition) is 3. The molecule has 1 aromatic carbocycles. The van der Waals surface area contributed by atoms with Gasteiger partial charge in [-0.2, -0.15) is 0 Å². The Balaban J connectivity index is 0.00000304. The first-order chi connectivity index (χ1) is 16.8. The number of amides is 1. The van der Waals surface area contributed by atoms with Crippen molar-refractivity contribution in [2.75, 3.05) is 18.0 Å². The Bertz CT molecular complexity index is 1260. The highest BCUT2D eigenvalue weighted by molar-refractivity contribution is 6.08. The Morgan fingerprint density at radius 2 is 2.00 bits per heavy atom. The minimum atomic E-state index is -0.776. The number of carbonyl (C=O) groups is 1. The molecule has 5 rings (SSSR count). The summed E-state index contributed by atoms with van der Waals surface area (Å²) in [6.45, 7) is 3.71. The van der Waals surface area contributed by atoms with Crippen molar-refractivity contribution >= 4 is 23.5 Å². The maximum Gasteiger partial charge on any atom is 0.254 e. The van der Waals surface area contributed by atoms with Gasteiger partial charge in [0.05, 0.1) is 11.1 Å². The van der Waals surface area contributed by atoms with Crippen LogP contribution in [0.3, 0.4) is 0 Å². The van der Waals surface area contributed by atoms with E-state index in [1.807, 2.05) is 30.1 Å². The van der Waals surface area contributed by atoms with Crippen molar-refractivity contribution in [1.29, 1.82) is 10.8 Å². The lowest BCUT2D eigenvalue weighted by Gasteiger charge is -2.33. The van der Waals surface area contributed by atoms with E-state index < -0.39 is 17.3 Å². The summed E-state index contributed by atoms with van der Waals surface area (Å²) in [7, 11) is 0. The first kappa shape index (κ1) is 22.9. The van der Waals surface area contributed by atoms with Crippen LogP contribution in [0.25, 0.3) is 0 Å². The second-order valence-electron chi connectivity index (χ2n) is 9.47. The Labute approximate surface area is 205 Å². The summed E-state index contributed by atoms with van der Waals surface area (Å²) in [5, 5.41) is 19.6. The van der Waals surface area contributed by atoms with Crippen molar-refractivity contribution in [3.05, 3.63) is 76.9 Å². The van der Waals surface area contributed by atoms with Crippen LogP contribution in [0.2, 0.25) is 0 Å². The summed E-state index contributed by atoms with van der Waals surface area (Å²) in [6.07, 6.45) is 11.5. The van der Waals surface area contributed by atoms with Gasteiger partial charge in [-0.15, -0.1) is 0 Å². The predicted octanol–water partition coefficient (Wildman–Crippen LogP) is 3.85. The molecule has 3 N–H and O–H groups in total. The van der Waals surface area contributed by atoms with Crippen molar-refractivity contribution in [1.82, 2.24) is 20.2 Å². The molecule has 0 radical (unpaired) electrons. The highest BCUT2D eigenvalue weighted by Crippen LogP contribution is 2.28. The Hall–Kier alpha value is -3.88. The fourth-order valence-electron chi connectivity index (χ4n) is 4.94. The van der Waals surface area contributed by atoms with E-state index in [1.54, 1.807) is 29.4 Å². The third-order valence-corrected chi connectivity index (χ3v) is 6.79. The third kappa shape index (κ3) is 4.58. The van der Waals surface area contributed by atoms with Crippen LogP contribution in [0.15, 0.2) is 54.4 Å². The van der Waals surface area contributed by atoms with E-state index in [-0.39, 0.29) is 6.99 Å². The fourth-order valence-corrected chi connectivity index (χ4v) is 4.94. The monoisotopic (exact) mass is 475 g/mol. The zero-order chi connectivity index (χ0) is 24.6. The van der Waals surface area contributed by atoms with Crippen molar-refractivity contribution in [2.45, 2.75) is 44.7 Å². The molecule has 182 valence electrons. The van der Waals surface area contributed by atoms with Gasteiger partial charge in [0.15, 0.2) is 0 Å². The lowest BCUT2D eigenvalue weighted by atomic mass is 9.87. The highest BCUT2D eigenvalue weighted by atomic mass is 19.1. The van der Waals surface area contributed by atoms with Crippen LogP contribution < -0.4 is 10.2 Å². The third-order valence-electron chi connectivity index (χ3n) is 6.79. The number of nitrogens with one attached hydrogen (secondary N) is 3. The van der Waals surface area contributed by atoms with Gasteiger partial charge in [-0.3, -0.25) is 15.6 Å². The normalized spacial score (nSPS) is 21.5. The van der Waals surface area contributed by atoms with Crippen LogP contribution >= 0.6 is 0 Å². The van der Waals surface area contributed by atoms with Gasteiger partial charge in [-0.1, -0.05) is 18.2 Å². The molecule has 0 spiro atoms. The van der Waals surface area contributed by atoms with Crippen LogP contribution in [-0.4, -0.2) is 51.1 Å². The molecular formula is C26H30FN7O. The average Bonchev–Trinajstić information content (AvgIpc) is 3.28. The summed E-state index contributed by atoms with van der Waals surface area (Å²) < 4.78 is 15.0. The summed E-state index contributed by atoms with van der Waals surface area (Å²) in [5.74, 6) is 0.319. The lowest BCUT2D eigenvalue weighted by Crippen LogP contribution is -2.47. The molecule has 3 aliphatic rings. The van der Waals surface area contributed by atoms with Gasteiger partial charge >= 0.3 is 0 Å². The van der Waals surface area contributed by atoms with Gasteiger partial charge in [0.2, 0.25) is 5.95 Å².